The van der Waals surface area contributed by atoms with Gasteiger partial charge >= 0.3 is 0 Å². The minimum atomic E-state index is -0.554. The van der Waals surface area contributed by atoms with Crippen LogP contribution in [0.5, 0.6) is 0 Å². The minimum Gasteiger partial charge on any atom is -0.616 e. The van der Waals surface area contributed by atoms with Crippen LogP contribution in [0.3, 0.4) is 0 Å². The van der Waals surface area contributed by atoms with Crippen molar-refractivity contribution in [2.45, 2.75) is 42.6 Å². The van der Waals surface area contributed by atoms with Crippen LogP contribution in [0.25, 0.3) is 0 Å². The van der Waals surface area contributed by atoms with Gasteiger partial charge in [-0.25, -0.2) is 0 Å². The second kappa shape index (κ2) is 3.44. The van der Waals surface area contributed by atoms with E-state index in [-0.39, 0.29) is 4.75 Å². The van der Waals surface area contributed by atoms with E-state index in [1.807, 2.05) is 0 Å². The summed E-state index contributed by atoms with van der Waals surface area (Å²) in [5.41, 5.74) is 0. The second-order valence-electron chi connectivity index (χ2n) is 4.63. The third kappa shape index (κ3) is 1.62. The lowest BCUT2D eigenvalue weighted by Gasteiger charge is -2.38. The van der Waals surface area contributed by atoms with Crippen LogP contribution in [-0.4, -0.2) is 39.6 Å². The van der Waals surface area contributed by atoms with Crippen molar-refractivity contribution >= 4 is 11.2 Å². The zero-order valence-corrected chi connectivity index (χ0v) is 9.40. The molecule has 3 heteroatoms. The molecule has 13 heavy (non-hydrogen) atoms. The summed E-state index contributed by atoms with van der Waals surface area (Å²) in [5, 5.41) is 0.448. The number of hydrogen-bond acceptors (Lipinski definition) is 2. The molecule has 2 saturated heterocycles. The molecule has 0 saturated carbocycles. The molecule has 0 aliphatic carbocycles. The van der Waals surface area contributed by atoms with Crippen molar-refractivity contribution in [3.63, 3.8) is 0 Å². The topological polar surface area (TPSA) is 26.3 Å². The van der Waals surface area contributed by atoms with Crippen molar-refractivity contribution in [2.24, 2.45) is 0 Å². The molecule has 0 aromatic rings. The van der Waals surface area contributed by atoms with Crippen LogP contribution in [0.1, 0.15) is 32.6 Å². The van der Waals surface area contributed by atoms with Gasteiger partial charge in [0.05, 0.1) is 0 Å². The summed E-state index contributed by atoms with van der Waals surface area (Å²) in [6.45, 7) is 4.42. The van der Waals surface area contributed by atoms with Gasteiger partial charge in [0.25, 0.3) is 0 Å². The standard InChI is InChI=1S/C10H19NOS/c1-9-3-4-10(13(9)12)5-7-11(2)8-6-10/h9H,3-8H2,1-2H3. The van der Waals surface area contributed by atoms with Crippen molar-refractivity contribution in [2.75, 3.05) is 20.1 Å². The summed E-state index contributed by atoms with van der Waals surface area (Å²) in [6.07, 6.45) is 4.69. The highest BCUT2D eigenvalue weighted by atomic mass is 32.2. The Hall–Kier alpha value is 0.270. The van der Waals surface area contributed by atoms with Crippen molar-refractivity contribution < 1.29 is 4.55 Å². The van der Waals surface area contributed by atoms with Gasteiger partial charge in [-0.15, -0.1) is 0 Å². The Kier molecular flexibility index (Phi) is 2.60. The van der Waals surface area contributed by atoms with Crippen LogP contribution in [0.15, 0.2) is 0 Å². The molecule has 2 nitrogen and oxygen atoms in total. The van der Waals surface area contributed by atoms with Crippen LogP contribution in [0.2, 0.25) is 0 Å². The van der Waals surface area contributed by atoms with Crippen LogP contribution in [-0.2, 0) is 11.2 Å². The lowest BCUT2D eigenvalue weighted by molar-refractivity contribution is 0.230. The molecule has 0 amide bonds. The van der Waals surface area contributed by atoms with Gasteiger partial charge in [0.2, 0.25) is 0 Å². The first-order valence-corrected chi connectivity index (χ1v) is 6.45. The van der Waals surface area contributed by atoms with E-state index < -0.39 is 11.2 Å². The summed E-state index contributed by atoms with van der Waals surface area (Å²) < 4.78 is 12.3. The molecule has 2 rings (SSSR count). The Morgan fingerprint density at radius 1 is 1.31 bits per heavy atom. The average molecular weight is 201 g/mol. The summed E-state index contributed by atoms with van der Waals surface area (Å²) in [6, 6.07) is 0. The fourth-order valence-corrected chi connectivity index (χ4v) is 4.67. The quantitative estimate of drug-likeness (QED) is 0.554. The van der Waals surface area contributed by atoms with Gasteiger partial charge in [-0.2, -0.15) is 0 Å². The number of likely N-dealkylation sites (tertiary alicyclic amines) is 1. The summed E-state index contributed by atoms with van der Waals surface area (Å²) in [7, 11) is 2.16. The van der Waals surface area contributed by atoms with Crippen LogP contribution in [0.4, 0.5) is 0 Å². The number of piperidine rings is 1. The molecule has 2 fully saturated rings. The summed E-state index contributed by atoms with van der Waals surface area (Å²) >= 11 is -0.554. The average Bonchev–Trinajstić information content (AvgIpc) is 2.40. The van der Waals surface area contributed by atoms with E-state index in [1.54, 1.807) is 0 Å². The Labute approximate surface area is 83.9 Å². The van der Waals surface area contributed by atoms with Crippen LogP contribution < -0.4 is 0 Å². The Bertz CT molecular complexity index is 189. The zero-order chi connectivity index (χ0) is 9.47. The van der Waals surface area contributed by atoms with Crippen molar-refractivity contribution in [3.8, 4) is 0 Å². The van der Waals surface area contributed by atoms with E-state index in [2.05, 4.69) is 18.9 Å². The van der Waals surface area contributed by atoms with Gasteiger partial charge in [-0.1, -0.05) is 0 Å². The van der Waals surface area contributed by atoms with E-state index in [0.29, 0.717) is 5.25 Å². The maximum Gasteiger partial charge on any atom is 0.128 e. The van der Waals surface area contributed by atoms with Crippen LogP contribution in [0, 0.1) is 0 Å². The van der Waals surface area contributed by atoms with E-state index in [1.165, 1.54) is 12.8 Å². The molecule has 76 valence electrons. The molecule has 0 bridgehead atoms. The Balaban J connectivity index is 2.05. The molecule has 0 N–H and O–H groups in total. The monoisotopic (exact) mass is 201 g/mol. The highest BCUT2D eigenvalue weighted by Gasteiger charge is 2.51. The first-order valence-electron chi connectivity index (χ1n) is 5.23. The van der Waals surface area contributed by atoms with Crippen molar-refractivity contribution in [1.29, 1.82) is 0 Å². The number of nitrogens with zero attached hydrogens (tertiary/aromatic N) is 1. The maximum absolute atomic E-state index is 12.1. The lowest BCUT2D eigenvalue weighted by Crippen LogP contribution is -2.46. The SMILES string of the molecule is CC1CCC2(CCN(C)CC2)[S+]1[O-]. The maximum atomic E-state index is 12.1. The largest absolute Gasteiger partial charge is 0.616 e. The smallest absolute Gasteiger partial charge is 0.128 e. The van der Waals surface area contributed by atoms with Gasteiger partial charge in [0, 0.05) is 32.4 Å². The van der Waals surface area contributed by atoms with Crippen LogP contribution >= 0.6 is 0 Å². The third-order valence-electron chi connectivity index (χ3n) is 3.70. The highest BCUT2D eigenvalue weighted by Crippen LogP contribution is 2.43. The molecular weight excluding hydrogens is 182 g/mol. The first-order chi connectivity index (χ1) is 6.14. The van der Waals surface area contributed by atoms with Crippen molar-refractivity contribution in [1.82, 2.24) is 4.90 Å². The summed E-state index contributed by atoms with van der Waals surface area (Å²) in [4.78, 5) is 2.35. The molecule has 2 atom stereocenters. The highest BCUT2D eigenvalue weighted by molar-refractivity contribution is 7.93. The van der Waals surface area contributed by atoms with E-state index in [4.69, 9.17) is 0 Å². The lowest BCUT2D eigenvalue weighted by atomic mass is 9.91. The minimum absolute atomic E-state index is 0.214. The van der Waals surface area contributed by atoms with Crippen molar-refractivity contribution in [3.05, 3.63) is 0 Å². The summed E-state index contributed by atoms with van der Waals surface area (Å²) in [5.74, 6) is 0. The molecule has 2 aliphatic rings. The number of hydrogen-bond donors (Lipinski definition) is 0. The van der Waals surface area contributed by atoms with Gasteiger partial charge in [0.15, 0.2) is 0 Å². The van der Waals surface area contributed by atoms with E-state index >= 15 is 0 Å². The molecule has 0 aromatic heterocycles. The van der Waals surface area contributed by atoms with Gasteiger partial charge in [-0.05, 0) is 31.6 Å². The third-order valence-corrected chi connectivity index (χ3v) is 6.13. The fourth-order valence-electron chi connectivity index (χ4n) is 2.58. The molecule has 2 aliphatic heterocycles. The predicted molar refractivity (Wildman–Crippen MR) is 56.3 cm³/mol. The molecule has 0 radical (unpaired) electrons. The van der Waals surface area contributed by atoms with E-state index in [0.717, 1.165) is 25.9 Å². The molecule has 0 aromatic carbocycles. The number of rotatable bonds is 0. The Morgan fingerprint density at radius 3 is 2.38 bits per heavy atom. The molecule has 2 unspecified atom stereocenters. The fraction of sp³-hybridized carbons (Fsp3) is 1.00. The van der Waals surface area contributed by atoms with Gasteiger partial charge in [-0.3, -0.25) is 0 Å². The normalized spacial score (nSPS) is 39.9. The second-order valence-corrected chi connectivity index (χ2v) is 6.90. The molecule has 1 spiro atoms. The zero-order valence-electron chi connectivity index (χ0n) is 8.58. The van der Waals surface area contributed by atoms with E-state index in [9.17, 15) is 4.55 Å². The van der Waals surface area contributed by atoms with Gasteiger partial charge < -0.3 is 9.45 Å². The first kappa shape index (κ1) is 9.81. The Morgan fingerprint density at radius 2 is 1.92 bits per heavy atom. The molecular formula is C10H19NOS. The molecule has 2 heterocycles. The van der Waals surface area contributed by atoms with Gasteiger partial charge in [0.1, 0.15) is 10.00 Å². The predicted octanol–water partition coefficient (Wildman–Crippen LogP) is 1.38.